The Bertz CT molecular complexity index is 1580. The van der Waals surface area contributed by atoms with Gasteiger partial charge in [0, 0.05) is 22.5 Å². The van der Waals surface area contributed by atoms with Crippen LogP contribution in [0.2, 0.25) is 0 Å². The third-order valence-electron chi connectivity index (χ3n) is 5.24. The number of fused-ring (bicyclic) bond motifs is 2. The standard InChI is InChI=1S/C22H18N4O3S/c1-2-30(28,29)26-12-11-15-13-16(8-10-19(15)26)21-20(22(27)25-24-21)18-9-7-14-5-3-4-6-17(14)23-18/h3-13H,2H2,1H3,(H2,24,25,27). The molecule has 0 saturated carbocycles. The van der Waals surface area contributed by atoms with Crippen LogP contribution in [-0.2, 0) is 10.0 Å². The SMILES string of the molecule is CCS(=O)(=O)n1ccc2cc(-c3[nH][nH]c(=O)c3-c3ccc4ccccc4n3)ccc21. The highest BCUT2D eigenvalue weighted by Gasteiger charge is 2.18. The van der Waals surface area contributed by atoms with Gasteiger partial charge < -0.3 is 0 Å². The zero-order chi connectivity index (χ0) is 20.9. The second-order valence-electron chi connectivity index (χ2n) is 7.00. The van der Waals surface area contributed by atoms with E-state index in [-0.39, 0.29) is 11.3 Å². The maximum atomic E-state index is 12.6. The third-order valence-corrected chi connectivity index (χ3v) is 6.89. The molecule has 0 aliphatic rings. The second kappa shape index (κ2) is 6.70. The summed E-state index contributed by atoms with van der Waals surface area (Å²) in [6.07, 6.45) is 1.55. The number of pyridine rings is 1. The van der Waals surface area contributed by atoms with Crippen molar-refractivity contribution in [1.29, 1.82) is 0 Å². The molecule has 30 heavy (non-hydrogen) atoms. The van der Waals surface area contributed by atoms with Crippen molar-refractivity contribution in [1.82, 2.24) is 19.2 Å². The summed E-state index contributed by atoms with van der Waals surface area (Å²) < 4.78 is 25.9. The van der Waals surface area contributed by atoms with Crippen LogP contribution in [0.15, 0.2) is 71.7 Å². The van der Waals surface area contributed by atoms with Gasteiger partial charge in [-0.15, -0.1) is 0 Å². The number of aromatic nitrogens is 4. The molecule has 5 aromatic rings. The predicted octanol–water partition coefficient (Wildman–Crippen LogP) is 3.74. The number of benzene rings is 2. The van der Waals surface area contributed by atoms with E-state index in [0.29, 0.717) is 22.5 Å². The highest BCUT2D eigenvalue weighted by molar-refractivity contribution is 7.90. The maximum Gasteiger partial charge on any atom is 0.274 e. The molecule has 0 atom stereocenters. The van der Waals surface area contributed by atoms with E-state index in [4.69, 9.17) is 0 Å². The van der Waals surface area contributed by atoms with Gasteiger partial charge in [-0.25, -0.2) is 17.4 Å². The summed E-state index contributed by atoms with van der Waals surface area (Å²) in [5.41, 5.74) is 3.52. The van der Waals surface area contributed by atoms with Crippen LogP contribution >= 0.6 is 0 Å². The van der Waals surface area contributed by atoms with Crippen LogP contribution in [0.1, 0.15) is 6.92 Å². The van der Waals surface area contributed by atoms with Crippen molar-refractivity contribution in [3.8, 4) is 22.5 Å². The second-order valence-corrected chi connectivity index (χ2v) is 9.14. The average Bonchev–Trinajstić information content (AvgIpc) is 3.36. The van der Waals surface area contributed by atoms with Crippen LogP contribution in [0.25, 0.3) is 44.3 Å². The highest BCUT2D eigenvalue weighted by Crippen LogP contribution is 2.30. The Kier molecular flexibility index (Phi) is 4.11. The first-order valence-corrected chi connectivity index (χ1v) is 11.1. The lowest BCUT2D eigenvalue weighted by Crippen LogP contribution is -2.13. The topological polar surface area (TPSA) is 101 Å². The van der Waals surface area contributed by atoms with Gasteiger partial charge in [0.2, 0.25) is 10.0 Å². The van der Waals surface area contributed by atoms with E-state index in [1.54, 1.807) is 31.3 Å². The van der Waals surface area contributed by atoms with E-state index in [2.05, 4.69) is 15.2 Å². The molecule has 0 radical (unpaired) electrons. The Hall–Kier alpha value is -3.65. The average molecular weight is 418 g/mol. The molecule has 2 aromatic carbocycles. The van der Waals surface area contributed by atoms with E-state index < -0.39 is 10.0 Å². The van der Waals surface area contributed by atoms with Gasteiger partial charge in [0.25, 0.3) is 5.56 Å². The normalized spacial score (nSPS) is 12.0. The number of aromatic amines is 2. The summed E-state index contributed by atoms with van der Waals surface area (Å²) >= 11 is 0. The van der Waals surface area contributed by atoms with Crippen LogP contribution in [0, 0.1) is 0 Å². The number of hydrogen-bond donors (Lipinski definition) is 2. The van der Waals surface area contributed by atoms with Gasteiger partial charge in [0.1, 0.15) is 0 Å². The lowest BCUT2D eigenvalue weighted by atomic mass is 10.0. The summed E-state index contributed by atoms with van der Waals surface area (Å²) in [4.78, 5) is 17.2. The van der Waals surface area contributed by atoms with Crippen molar-refractivity contribution in [2.75, 3.05) is 5.75 Å². The minimum Gasteiger partial charge on any atom is -0.297 e. The van der Waals surface area contributed by atoms with Crippen LogP contribution < -0.4 is 5.56 Å². The molecule has 0 aliphatic heterocycles. The Morgan fingerprint density at radius 2 is 1.80 bits per heavy atom. The van der Waals surface area contributed by atoms with E-state index in [1.807, 2.05) is 42.5 Å². The minimum absolute atomic E-state index is 0.0153. The molecule has 0 saturated heterocycles. The fraction of sp³-hybridized carbons (Fsp3) is 0.0909. The number of H-pyrrole nitrogens is 2. The van der Waals surface area contributed by atoms with E-state index in [9.17, 15) is 13.2 Å². The Balaban J connectivity index is 1.67. The van der Waals surface area contributed by atoms with E-state index >= 15 is 0 Å². The monoisotopic (exact) mass is 418 g/mol. The quantitative estimate of drug-likeness (QED) is 0.464. The lowest BCUT2D eigenvalue weighted by Gasteiger charge is -2.07. The summed E-state index contributed by atoms with van der Waals surface area (Å²) in [5.74, 6) is 0.0153. The van der Waals surface area contributed by atoms with Crippen LogP contribution in [-0.4, -0.2) is 33.3 Å². The van der Waals surface area contributed by atoms with Crippen molar-refractivity contribution < 1.29 is 8.42 Å². The van der Waals surface area contributed by atoms with Crippen molar-refractivity contribution >= 4 is 31.8 Å². The molecule has 150 valence electrons. The molecule has 5 rings (SSSR count). The Morgan fingerprint density at radius 3 is 2.63 bits per heavy atom. The molecule has 0 aliphatic carbocycles. The molecule has 0 fully saturated rings. The summed E-state index contributed by atoms with van der Waals surface area (Å²) in [5, 5.41) is 7.36. The number of nitrogens with zero attached hydrogens (tertiary/aromatic N) is 2. The molecular weight excluding hydrogens is 400 g/mol. The summed E-state index contributed by atoms with van der Waals surface area (Å²) in [7, 11) is -3.38. The van der Waals surface area contributed by atoms with Gasteiger partial charge in [-0.1, -0.05) is 30.3 Å². The maximum absolute atomic E-state index is 12.6. The first-order chi connectivity index (χ1) is 14.5. The lowest BCUT2D eigenvalue weighted by molar-refractivity contribution is 0.590. The minimum atomic E-state index is -3.38. The first-order valence-electron chi connectivity index (χ1n) is 9.49. The molecule has 2 N–H and O–H groups in total. The van der Waals surface area contributed by atoms with Gasteiger partial charge in [-0.2, -0.15) is 0 Å². The zero-order valence-electron chi connectivity index (χ0n) is 16.1. The molecule has 0 unspecified atom stereocenters. The third kappa shape index (κ3) is 2.84. The van der Waals surface area contributed by atoms with Crippen LogP contribution in [0.4, 0.5) is 0 Å². The summed E-state index contributed by atoms with van der Waals surface area (Å²) in [6.45, 7) is 1.61. The summed E-state index contributed by atoms with van der Waals surface area (Å²) in [6, 6.07) is 18.7. The number of para-hydroxylation sites is 1. The number of nitrogens with one attached hydrogen (secondary N) is 2. The Labute approximate surface area is 172 Å². The molecule has 0 amide bonds. The van der Waals surface area contributed by atoms with Crippen LogP contribution in [0.5, 0.6) is 0 Å². The van der Waals surface area contributed by atoms with Crippen molar-refractivity contribution in [3.05, 3.63) is 77.2 Å². The highest BCUT2D eigenvalue weighted by atomic mass is 32.2. The molecule has 0 bridgehead atoms. The van der Waals surface area contributed by atoms with Crippen LogP contribution in [0.3, 0.4) is 0 Å². The van der Waals surface area contributed by atoms with Crippen molar-refractivity contribution in [3.63, 3.8) is 0 Å². The van der Waals surface area contributed by atoms with Gasteiger partial charge in [-0.05, 0) is 37.3 Å². The van der Waals surface area contributed by atoms with Gasteiger partial charge >= 0.3 is 0 Å². The molecule has 8 heteroatoms. The predicted molar refractivity (Wildman–Crippen MR) is 118 cm³/mol. The Morgan fingerprint density at radius 1 is 0.967 bits per heavy atom. The molecule has 0 spiro atoms. The molecule has 7 nitrogen and oxygen atoms in total. The number of hydrogen-bond acceptors (Lipinski definition) is 4. The van der Waals surface area contributed by atoms with E-state index in [0.717, 1.165) is 21.9 Å². The fourth-order valence-corrected chi connectivity index (χ4v) is 4.67. The largest absolute Gasteiger partial charge is 0.297 e. The van der Waals surface area contributed by atoms with Gasteiger partial charge in [0.05, 0.1) is 33.7 Å². The fourth-order valence-electron chi connectivity index (χ4n) is 3.68. The smallest absolute Gasteiger partial charge is 0.274 e. The van der Waals surface area contributed by atoms with Gasteiger partial charge in [0.15, 0.2) is 0 Å². The van der Waals surface area contributed by atoms with Crippen molar-refractivity contribution in [2.24, 2.45) is 0 Å². The molecule has 3 heterocycles. The zero-order valence-corrected chi connectivity index (χ0v) is 16.9. The van der Waals surface area contributed by atoms with Gasteiger partial charge in [-0.3, -0.25) is 15.0 Å². The molecule has 3 aromatic heterocycles. The number of rotatable bonds is 4. The van der Waals surface area contributed by atoms with Crippen molar-refractivity contribution in [2.45, 2.75) is 6.92 Å². The molecular formula is C22H18N4O3S. The van der Waals surface area contributed by atoms with E-state index in [1.165, 1.54) is 3.97 Å². The first kappa shape index (κ1) is 18.4.